The average Bonchev–Trinajstić information content (AvgIpc) is 2.63. The van der Waals surface area contributed by atoms with Gasteiger partial charge >= 0.3 is 0 Å². The minimum absolute atomic E-state index is 0.169. The predicted molar refractivity (Wildman–Crippen MR) is 73.0 cm³/mol. The van der Waals surface area contributed by atoms with Crippen molar-refractivity contribution < 1.29 is 4.79 Å². The molecule has 0 saturated heterocycles. The molecule has 0 aliphatic rings. The zero-order valence-electron chi connectivity index (χ0n) is 8.95. The summed E-state index contributed by atoms with van der Waals surface area (Å²) < 4.78 is 3.29. The van der Waals surface area contributed by atoms with Crippen LogP contribution in [0.1, 0.15) is 10.4 Å². The number of amides is 1. The first kappa shape index (κ1) is 12.3. The number of hydrogen-bond donors (Lipinski definition) is 1. The van der Waals surface area contributed by atoms with Gasteiger partial charge in [0.15, 0.2) is 0 Å². The number of nitrogens with one attached hydrogen (secondary N) is 1. The molecular formula is C11H9Br2N3O. The van der Waals surface area contributed by atoms with E-state index in [0.717, 1.165) is 8.95 Å². The molecule has 4 nitrogen and oxygen atoms in total. The highest BCUT2D eigenvalue weighted by molar-refractivity contribution is 9.11. The van der Waals surface area contributed by atoms with E-state index in [9.17, 15) is 4.79 Å². The van der Waals surface area contributed by atoms with E-state index in [4.69, 9.17) is 0 Å². The minimum Gasteiger partial charge on any atom is -0.319 e. The third-order valence-corrected chi connectivity index (χ3v) is 3.29. The molecule has 1 aromatic carbocycles. The lowest BCUT2D eigenvalue weighted by Gasteiger charge is -2.05. The second kappa shape index (κ2) is 5.01. The number of aromatic nitrogens is 2. The zero-order valence-corrected chi connectivity index (χ0v) is 12.1. The summed E-state index contributed by atoms with van der Waals surface area (Å²) in [5, 5.41) is 6.75. The van der Waals surface area contributed by atoms with E-state index in [1.165, 1.54) is 0 Å². The standard InChI is InChI=1S/C11H9Br2N3O/c1-16-6-8(5-14-16)15-11(17)9-3-2-7(12)4-10(9)13/h2-6H,1H3,(H,15,17). The number of anilines is 1. The molecule has 0 fully saturated rings. The number of halogens is 2. The first-order valence-corrected chi connectivity index (χ1v) is 6.40. The lowest BCUT2D eigenvalue weighted by molar-refractivity contribution is 0.102. The lowest BCUT2D eigenvalue weighted by atomic mass is 10.2. The topological polar surface area (TPSA) is 46.9 Å². The summed E-state index contributed by atoms with van der Waals surface area (Å²) in [4.78, 5) is 12.0. The quantitative estimate of drug-likeness (QED) is 0.896. The van der Waals surface area contributed by atoms with E-state index >= 15 is 0 Å². The Balaban J connectivity index is 2.20. The van der Waals surface area contributed by atoms with E-state index in [-0.39, 0.29) is 5.91 Å². The Hall–Kier alpha value is -1.14. The van der Waals surface area contributed by atoms with Crippen LogP contribution in [0.25, 0.3) is 0 Å². The second-order valence-corrected chi connectivity index (χ2v) is 5.25. The van der Waals surface area contributed by atoms with Crippen LogP contribution >= 0.6 is 31.9 Å². The van der Waals surface area contributed by atoms with Gasteiger partial charge in [-0.05, 0) is 34.1 Å². The molecule has 1 aromatic heterocycles. The van der Waals surface area contributed by atoms with E-state index in [1.807, 2.05) is 12.1 Å². The highest BCUT2D eigenvalue weighted by Crippen LogP contribution is 2.22. The SMILES string of the molecule is Cn1cc(NC(=O)c2ccc(Br)cc2Br)cn1. The van der Waals surface area contributed by atoms with Crippen LogP contribution in [0.3, 0.4) is 0 Å². The molecular weight excluding hydrogens is 350 g/mol. The van der Waals surface area contributed by atoms with Crippen molar-refractivity contribution in [1.29, 1.82) is 0 Å². The Morgan fingerprint density at radius 1 is 1.41 bits per heavy atom. The summed E-state index contributed by atoms with van der Waals surface area (Å²) in [6.07, 6.45) is 3.34. The monoisotopic (exact) mass is 357 g/mol. The van der Waals surface area contributed by atoms with E-state index < -0.39 is 0 Å². The number of carbonyl (C=O) groups excluding carboxylic acids is 1. The molecule has 0 aliphatic carbocycles. The van der Waals surface area contributed by atoms with Gasteiger partial charge in [-0.1, -0.05) is 15.9 Å². The molecule has 6 heteroatoms. The molecule has 1 heterocycles. The number of benzene rings is 1. The summed E-state index contributed by atoms with van der Waals surface area (Å²) >= 11 is 6.70. The van der Waals surface area contributed by atoms with Gasteiger partial charge in [-0.3, -0.25) is 9.48 Å². The second-order valence-electron chi connectivity index (χ2n) is 3.48. The maximum Gasteiger partial charge on any atom is 0.256 e. The van der Waals surface area contributed by atoms with Crippen LogP contribution in [0.4, 0.5) is 5.69 Å². The number of nitrogens with zero attached hydrogens (tertiary/aromatic N) is 2. The highest BCUT2D eigenvalue weighted by Gasteiger charge is 2.11. The molecule has 0 saturated carbocycles. The molecule has 0 bridgehead atoms. The molecule has 2 rings (SSSR count). The molecule has 1 N–H and O–H groups in total. The van der Waals surface area contributed by atoms with Gasteiger partial charge in [-0.25, -0.2) is 0 Å². The van der Waals surface area contributed by atoms with Crippen LogP contribution < -0.4 is 5.32 Å². The van der Waals surface area contributed by atoms with Crippen molar-refractivity contribution in [2.75, 3.05) is 5.32 Å². The molecule has 2 aromatic rings. The van der Waals surface area contributed by atoms with Crippen molar-refractivity contribution in [3.05, 3.63) is 45.1 Å². The molecule has 17 heavy (non-hydrogen) atoms. The van der Waals surface area contributed by atoms with Crippen molar-refractivity contribution in [2.24, 2.45) is 7.05 Å². The minimum atomic E-state index is -0.169. The molecule has 88 valence electrons. The van der Waals surface area contributed by atoms with Crippen LogP contribution in [-0.2, 0) is 7.05 Å². The van der Waals surface area contributed by atoms with E-state index in [1.54, 1.807) is 30.2 Å². The first-order chi connectivity index (χ1) is 8.06. The summed E-state index contributed by atoms with van der Waals surface area (Å²) in [6.45, 7) is 0. The summed E-state index contributed by atoms with van der Waals surface area (Å²) in [5.74, 6) is -0.169. The Labute approximate surface area is 115 Å². The molecule has 1 amide bonds. The Bertz CT molecular complexity index is 566. The third-order valence-electron chi connectivity index (χ3n) is 2.14. The molecule has 0 atom stereocenters. The van der Waals surface area contributed by atoms with Crippen LogP contribution in [-0.4, -0.2) is 15.7 Å². The highest BCUT2D eigenvalue weighted by atomic mass is 79.9. The number of carbonyl (C=O) groups is 1. The van der Waals surface area contributed by atoms with Gasteiger partial charge in [-0.15, -0.1) is 0 Å². The lowest BCUT2D eigenvalue weighted by Crippen LogP contribution is -2.12. The zero-order chi connectivity index (χ0) is 12.4. The van der Waals surface area contributed by atoms with Crippen LogP contribution in [0.2, 0.25) is 0 Å². The Morgan fingerprint density at radius 3 is 2.76 bits per heavy atom. The smallest absolute Gasteiger partial charge is 0.256 e. The number of rotatable bonds is 2. The van der Waals surface area contributed by atoms with Crippen LogP contribution in [0, 0.1) is 0 Å². The normalized spacial score (nSPS) is 10.3. The number of hydrogen-bond acceptors (Lipinski definition) is 2. The first-order valence-electron chi connectivity index (χ1n) is 4.81. The fourth-order valence-electron chi connectivity index (χ4n) is 1.36. The van der Waals surface area contributed by atoms with Gasteiger partial charge < -0.3 is 5.32 Å². The average molecular weight is 359 g/mol. The van der Waals surface area contributed by atoms with Crippen LogP contribution in [0.5, 0.6) is 0 Å². The van der Waals surface area contributed by atoms with Gasteiger partial charge in [0.1, 0.15) is 0 Å². The van der Waals surface area contributed by atoms with Crippen molar-refractivity contribution in [3.8, 4) is 0 Å². The maximum atomic E-state index is 12.0. The molecule has 0 unspecified atom stereocenters. The van der Waals surface area contributed by atoms with Gasteiger partial charge in [0.05, 0.1) is 17.4 Å². The van der Waals surface area contributed by atoms with Gasteiger partial charge in [0.2, 0.25) is 0 Å². The van der Waals surface area contributed by atoms with Crippen molar-refractivity contribution in [2.45, 2.75) is 0 Å². The van der Waals surface area contributed by atoms with Gasteiger partial charge in [0, 0.05) is 22.2 Å². The largest absolute Gasteiger partial charge is 0.319 e. The predicted octanol–water partition coefficient (Wildman–Crippen LogP) is 3.20. The van der Waals surface area contributed by atoms with Crippen molar-refractivity contribution >= 4 is 43.5 Å². The fourth-order valence-corrected chi connectivity index (χ4v) is 2.58. The molecule has 0 spiro atoms. The number of aryl methyl sites for hydroxylation is 1. The van der Waals surface area contributed by atoms with Gasteiger partial charge in [-0.2, -0.15) is 5.10 Å². The van der Waals surface area contributed by atoms with E-state index in [0.29, 0.717) is 11.3 Å². The molecule has 0 radical (unpaired) electrons. The van der Waals surface area contributed by atoms with Crippen molar-refractivity contribution in [3.63, 3.8) is 0 Å². The third kappa shape index (κ3) is 2.95. The summed E-state index contributed by atoms with van der Waals surface area (Å²) in [7, 11) is 1.80. The Kier molecular flexibility index (Phi) is 3.63. The van der Waals surface area contributed by atoms with Crippen LogP contribution in [0.15, 0.2) is 39.5 Å². The maximum absolute atomic E-state index is 12.0. The van der Waals surface area contributed by atoms with E-state index in [2.05, 4.69) is 42.3 Å². The molecule has 0 aliphatic heterocycles. The van der Waals surface area contributed by atoms with Crippen molar-refractivity contribution in [1.82, 2.24) is 9.78 Å². The fraction of sp³-hybridized carbons (Fsp3) is 0.0909. The summed E-state index contributed by atoms with van der Waals surface area (Å²) in [6, 6.07) is 5.40. The summed E-state index contributed by atoms with van der Waals surface area (Å²) in [5.41, 5.74) is 1.25. The Morgan fingerprint density at radius 2 is 2.18 bits per heavy atom. The van der Waals surface area contributed by atoms with Gasteiger partial charge in [0.25, 0.3) is 5.91 Å².